The Morgan fingerprint density at radius 2 is 1.53 bits per heavy atom. The molecule has 0 atom stereocenters. The number of imidazole rings is 1. The Balaban J connectivity index is 2.25. The second-order valence-electron chi connectivity index (χ2n) is 8.59. The molecule has 0 fully saturated rings. The van der Waals surface area contributed by atoms with E-state index >= 15 is 4.39 Å². The van der Waals surface area contributed by atoms with Crippen LogP contribution in [-0.2, 0) is 7.05 Å². The van der Waals surface area contributed by atoms with Crippen molar-refractivity contribution in [1.82, 2.24) is 9.55 Å². The van der Waals surface area contributed by atoms with Crippen LogP contribution in [0.15, 0.2) is 54.7 Å². The average molecular weight is 403 g/mol. The molecule has 0 amide bonds. The topological polar surface area (TPSA) is 21.7 Å². The molecule has 4 aromatic rings. The number of pyridine rings is 1. The zero-order valence-corrected chi connectivity index (χ0v) is 18.6. The van der Waals surface area contributed by atoms with Crippen molar-refractivity contribution in [1.29, 1.82) is 0 Å². The molecular weight excluding hydrogens is 373 g/mol. The summed E-state index contributed by atoms with van der Waals surface area (Å²) >= 11 is 0. The number of nitrogens with zero attached hydrogens (tertiary/aromatic N) is 3. The van der Waals surface area contributed by atoms with Crippen LogP contribution in [-0.4, -0.2) is 9.55 Å². The quantitative estimate of drug-likeness (QED) is 0.294. The monoisotopic (exact) mass is 402 g/mol. The first kappa shape index (κ1) is 20.3. The van der Waals surface area contributed by atoms with Crippen molar-refractivity contribution in [3.63, 3.8) is 0 Å². The van der Waals surface area contributed by atoms with Gasteiger partial charge in [-0.3, -0.25) is 0 Å². The van der Waals surface area contributed by atoms with Gasteiger partial charge in [-0.05, 0) is 42.5 Å². The molecule has 0 aliphatic heterocycles. The molecule has 2 aromatic carbocycles. The molecule has 0 unspecified atom stereocenters. The van der Waals surface area contributed by atoms with E-state index in [1.54, 1.807) is 0 Å². The predicted octanol–water partition coefficient (Wildman–Crippen LogP) is 6.21. The van der Waals surface area contributed by atoms with Crippen LogP contribution in [0.4, 0.5) is 4.39 Å². The summed E-state index contributed by atoms with van der Waals surface area (Å²) in [4.78, 5) is 3.98. The van der Waals surface area contributed by atoms with Gasteiger partial charge in [-0.2, -0.15) is 8.96 Å². The fourth-order valence-electron chi connectivity index (χ4n) is 4.38. The highest BCUT2D eigenvalue weighted by molar-refractivity contribution is 5.80. The third kappa shape index (κ3) is 3.11. The van der Waals surface area contributed by atoms with Gasteiger partial charge in [0.25, 0.3) is 5.82 Å². The molecule has 4 rings (SSSR count). The number of rotatable bonds is 4. The number of halogens is 1. The minimum Gasteiger partial charge on any atom is -0.228 e. The van der Waals surface area contributed by atoms with E-state index in [9.17, 15) is 0 Å². The van der Waals surface area contributed by atoms with Crippen LogP contribution < -0.4 is 4.57 Å². The van der Waals surface area contributed by atoms with Gasteiger partial charge in [0, 0.05) is 17.3 Å². The molecule has 2 aromatic heterocycles. The third-order valence-corrected chi connectivity index (χ3v) is 5.92. The Bertz CT molecular complexity index is 1190. The molecule has 0 aliphatic rings. The fraction of sp³-hybridized carbons (Fsp3) is 0.308. The summed E-state index contributed by atoms with van der Waals surface area (Å²) in [6.07, 6.45) is 1.53. The SMILES string of the molecule is Cc1ccnc(F)c1-c1n(-c2c(C(C)C)cccc2C(C)C)c2ccccc2[n+]1C. The third-order valence-electron chi connectivity index (χ3n) is 5.92. The lowest BCUT2D eigenvalue weighted by Crippen LogP contribution is -2.31. The number of hydrogen-bond donors (Lipinski definition) is 0. The van der Waals surface area contributed by atoms with Crippen LogP contribution in [0, 0.1) is 12.9 Å². The zero-order valence-electron chi connectivity index (χ0n) is 18.6. The van der Waals surface area contributed by atoms with Gasteiger partial charge < -0.3 is 0 Å². The molecule has 3 nitrogen and oxygen atoms in total. The van der Waals surface area contributed by atoms with Crippen molar-refractivity contribution in [2.24, 2.45) is 7.05 Å². The summed E-state index contributed by atoms with van der Waals surface area (Å²) in [6.45, 7) is 10.8. The van der Waals surface area contributed by atoms with Gasteiger partial charge in [0.15, 0.2) is 11.0 Å². The lowest BCUT2D eigenvalue weighted by molar-refractivity contribution is -0.633. The minimum atomic E-state index is -0.442. The van der Waals surface area contributed by atoms with Crippen LogP contribution >= 0.6 is 0 Å². The Morgan fingerprint density at radius 1 is 0.900 bits per heavy atom. The molecule has 2 heterocycles. The summed E-state index contributed by atoms with van der Waals surface area (Å²) in [6, 6.07) is 16.7. The Hall–Kier alpha value is -3.01. The Kier molecular flexibility index (Phi) is 5.19. The van der Waals surface area contributed by atoms with Crippen LogP contribution in [0.5, 0.6) is 0 Å². The smallest absolute Gasteiger partial charge is 0.228 e. The molecule has 0 N–H and O–H groups in total. The highest BCUT2D eigenvalue weighted by atomic mass is 19.1. The lowest BCUT2D eigenvalue weighted by atomic mass is 9.92. The fourth-order valence-corrected chi connectivity index (χ4v) is 4.38. The van der Waals surface area contributed by atoms with Gasteiger partial charge in [-0.1, -0.05) is 58.0 Å². The number of aryl methyl sites for hydroxylation is 2. The van der Waals surface area contributed by atoms with Crippen molar-refractivity contribution < 1.29 is 8.96 Å². The van der Waals surface area contributed by atoms with Crippen LogP contribution in [0.25, 0.3) is 28.1 Å². The van der Waals surface area contributed by atoms with E-state index in [-0.39, 0.29) is 0 Å². The van der Waals surface area contributed by atoms with Crippen molar-refractivity contribution in [2.45, 2.75) is 46.5 Å². The molecule has 0 radical (unpaired) electrons. The molecular formula is C26H29FN3+. The summed E-state index contributed by atoms with van der Waals surface area (Å²) in [5, 5.41) is 0. The summed E-state index contributed by atoms with van der Waals surface area (Å²) < 4.78 is 19.5. The average Bonchev–Trinajstić information content (AvgIpc) is 2.99. The normalized spacial score (nSPS) is 11.8. The first-order valence-electron chi connectivity index (χ1n) is 10.6. The molecule has 0 saturated carbocycles. The van der Waals surface area contributed by atoms with Crippen molar-refractivity contribution in [2.75, 3.05) is 0 Å². The first-order valence-corrected chi connectivity index (χ1v) is 10.6. The van der Waals surface area contributed by atoms with Crippen molar-refractivity contribution in [3.8, 4) is 17.1 Å². The number of aromatic nitrogens is 3. The highest BCUT2D eigenvalue weighted by Gasteiger charge is 2.32. The Morgan fingerprint density at radius 3 is 2.13 bits per heavy atom. The molecule has 0 spiro atoms. The number of benzene rings is 2. The van der Waals surface area contributed by atoms with E-state index in [2.05, 4.69) is 72.1 Å². The lowest BCUT2D eigenvalue weighted by Gasteiger charge is -2.18. The van der Waals surface area contributed by atoms with E-state index in [0.717, 1.165) is 28.1 Å². The van der Waals surface area contributed by atoms with Crippen molar-refractivity contribution in [3.05, 3.63) is 77.4 Å². The highest BCUT2D eigenvalue weighted by Crippen LogP contribution is 2.37. The summed E-state index contributed by atoms with van der Waals surface area (Å²) in [5.41, 5.74) is 7.20. The Labute approximate surface area is 177 Å². The second kappa shape index (κ2) is 7.67. The van der Waals surface area contributed by atoms with Gasteiger partial charge in [0.2, 0.25) is 5.95 Å². The van der Waals surface area contributed by atoms with E-state index < -0.39 is 5.95 Å². The van der Waals surface area contributed by atoms with Gasteiger partial charge in [0.05, 0.1) is 7.05 Å². The van der Waals surface area contributed by atoms with E-state index in [1.807, 2.05) is 32.2 Å². The molecule has 4 heteroatoms. The molecule has 0 bridgehead atoms. The van der Waals surface area contributed by atoms with Gasteiger partial charge in [-0.25, -0.2) is 9.55 Å². The van der Waals surface area contributed by atoms with Crippen LogP contribution in [0.3, 0.4) is 0 Å². The standard InChI is InChI=1S/C26H29FN3/c1-16(2)19-10-9-11-20(17(3)4)24(19)30-22-13-8-7-12-21(22)29(6)26(30)23-18(5)14-15-28-25(23)27/h7-17H,1-6H3/q+1. The van der Waals surface area contributed by atoms with E-state index in [0.29, 0.717) is 17.4 Å². The van der Waals surface area contributed by atoms with Crippen LogP contribution in [0.1, 0.15) is 56.2 Å². The zero-order chi connectivity index (χ0) is 21.6. The largest absolute Gasteiger partial charge is 0.299 e. The summed E-state index contributed by atoms with van der Waals surface area (Å²) in [5.74, 6) is 1.04. The van der Waals surface area contributed by atoms with Gasteiger partial charge in [-0.15, -0.1) is 0 Å². The molecule has 0 saturated heterocycles. The maximum absolute atomic E-state index is 15.1. The van der Waals surface area contributed by atoms with Gasteiger partial charge >= 0.3 is 0 Å². The van der Waals surface area contributed by atoms with E-state index in [4.69, 9.17) is 0 Å². The molecule has 0 aliphatic carbocycles. The molecule has 154 valence electrons. The molecule has 30 heavy (non-hydrogen) atoms. The summed E-state index contributed by atoms with van der Waals surface area (Å²) in [7, 11) is 2.01. The predicted molar refractivity (Wildman–Crippen MR) is 121 cm³/mol. The first-order chi connectivity index (χ1) is 14.3. The maximum atomic E-state index is 15.1. The van der Waals surface area contributed by atoms with Crippen LogP contribution in [0.2, 0.25) is 0 Å². The van der Waals surface area contributed by atoms with Gasteiger partial charge in [0.1, 0.15) is 11.3 Å². The minimum absolute atomic E-state index is 0.331. The van der Waals surface area contributed by atoms with Crippen molar-refractivity contribution >= 4 is 11.0 Å². The van der Waals surface area contributed by atoms with E-state index in [1.165, 1.54) is 17.3 Å². The second-order valence-corrected chi connectivity index (χ2v) is 8.59. The maximum Gasteiger partial charge on any atom is 0.299 e. The number of fused-ring (bicyclic) bond motifs is 1. The number of hydrogen-bond acceptors (Lipinski definition) is 1. The number of para-hydroxylation sites is 3.